The van der Waals surface area contributed by atoms with Crippen LogP contribution in [0.25, 0.3) is 10.9 Å². The van der Waals surface area contributed by atoms with Gasteiger partial charge < -0.3 is 15.0 Å². The largest absolute Gasteiger partial charge is 0.399 e. The van der Waals surface area contributed by atoms with Gasteiger partial charge in [-0.1, -0.05) is 0 Å². The predicted octanol–water partition coefficient (Wildman–Crippen LogP) is 1.56. The van der Waals surface area contributed by atoms with Crippen molar-refractivity contribution in [3.05, 3.63) is 30.5 Å². The van der Waals surface area contributed by atoms with E-state index in [-0.39, 0.29) is 0 Å². The van der Waals surface area contributed by atoms with Crippen molar-refractivity contribution in [3.63, 3.8) is 0 Å². The average Bonchev–Trinajstić information content (AvgIpc) is 2.80. The molecule has 1 aliphatic rings. The molecular weight excluding hydrogens is 226 g/mol. The number of aromatic nitrogens is 1. The van der Waals surface area contributed by atoms with Crippen LogP contribution in [0.5, 0.6) is 0 Å². The Morgan fingerprint density at radius 3 is 2.78 bits per heavy atom. The van der Waals surface area contributed by atoms with Crippen LogP contribution in [0, 0.1) is 0 Å². The Bertz CT molecular complexity index is 529. The Labute approximate surface area is 107 Å². The molecule has 1 aromatic carbocycles. The monoisotopic (exact) mass is 245 g/mol. The third-order valence-corrected chi connectivity index (χ3v) is 3.56. The van der Waals surface area contributed by atoms with Crippen LogP contribution in [0.4, 0.5) is 5.69 Å². The fourth-order valence-electron chi connectivity index (χ4n) is 2.49. The number of benzene rings is 1. The predicted molar refractivity (Wildman–Crippen MR) is 73.6 cm³/mol. The first-order valence-electron chi connectivity index (χ1n) is 6.47. The number of fused-ring (bicyclic) bond motifs is 1. The fraction of sp³-hybridized carbons (Fsp3) is 0.429. The lowest BCUT2D eigenvalue weighted by Gasteiger charge is -2.26. The van der Waals surface area contributed by atoms with E-state index in [9.17, 15) is 0 Å². The number of morpholine rings is 1. The molecule has 4 heteroatoms. The van der Waals surface area contributed by atoms with Gasteiger partial charge in [0.15, 0.2) is 0 Å². The van der Waals surface area contributed by atoms with Gasteiger partial charge in [-0.3, -0.25) is 4.90 Å². The van der Waals surface area contributed by atoms with Gasteiger partial charge in [0, 0.05) is 49.0 Å². The Hall–Kier alpha value is -1.52. The quantitative estimate of drug-likeness (QED) is 0.834. The summed E-state index contributed by atoms with van der Waals surface area (Å²) in [6.45, 7) is 5.93. The van der Waals surface area contributed by atoms with Crippen LogP contribution in [0.1, 0.15) is 0 Å². The summed E-state index contributed by atoms with van der Waals surface area (Å²) < 4.78 is 7.65. The zero-order valence-electron chi connectivity index (χ0n) is 10.5. The van der Waals surface area contributed by atoms with Crippen LogP contribution < -0.4 is 5.73 Å². The molecule has 0 radical (unpaired) electrons. The lowest BCUT2D eigenvalue weighted by atomic mass is 10.2. The summed E-state index contributed by atoms with van der Waals surface area (Å²) in [5.74, 6) is 0. The number of nitrogen functional groups attached to an aromatic ring is 1. The maximum absolute atomic E-state index is 5.79. The Morgan fingerprint density at radius 2 is 1.94 bits per heavy atom. The number of nitrogens with zero attached hydrogens (tertiary/aromatic N) is 2. The topological polar surface area (TPSA) is 43.4 Å². The molecule has 2 N–H and O–H groups in total. The minimum Gasteiger partial charge on any atom is -0.399 e. The number of hydrogen-bond donors (Lipinski definition) is 1. The van der Waals surface area contributed by atoms with Crippen molar-refractivity contribution in [2.24, 2.45) is 0 Å². The first kappa shape index (κ1) is 11.6. The summed E-state index contributed by atoms with van der Waals surface area (Å²) in [4.78, 5) is 2.45. The van der Waals surface area contributed by atoms with Gasteiger partial charge in [0.1, 0.15) is 0 Å². The number of rotatable bonds is 3. The molecule has 1 fully saturated rings. The summed E-state index contributed by atoms with van der Waals surface area (Å²) in [5.41, 5.74) is 7.88. The van der Waals surface area contributed by atoms with Gasteiger partial charge in [-0.05, 0) is 24.3 Å². The van der Waals surface area contributed by atoms with E-state index >= 15 is 0 Å². The van der Waals surface area contributed by atoms with E-state index in [4.69, 9.17) is 10.5 Å². The number of nitrogens with two attached hydrogens (primary N) is 1. The van der Waals surface area contributed by atoms with Crippen molar-refractivity contribution in [3.8, 4) is 0 Å². The van der Waals surface area contributed by atoms with Crippen molar-refractivity contribution >= 4 is 16.6 Å². The molecule has 0 aliphatic carbocycles. The second kappa shape index (κ2) is 5.00. The zero-order chi connectivity index (χ0) is 12.4. The molecule has 96 valence electrons. The highest BCUT2D eigenvalue weighted by atomic mass is 16.5. The van der Waals surface area contributed by atoms with E-state index < -0.39 is 0 Å². The van der Waals surface area contributed by atoms with Crippen LogP contribution in [0.3, 0.4) is 0 Å². The Morgan fingerprint density at radius 1 is 1.11 bits per heavy atom. The van der Waals surface area contributed by atoms with E-state index in [2.05, 4.69) is 27.8 Å². The molecule has 2 heterocycles. The summed E-state index contributed by atoms with van der Waals surface area (Å²) in [7, 11) is 0. The van der Waals surface area contributed by atoms with Crippen molar-refractivity contribution < 1.29 is 4.74 Å². The summed E-state index contributed by atoms with van der Waals surface area (Å²) in [6, 6.07) is 8.23. The van der Waals surface area contributed by atoms with Crippen molar-refractivity contribution in [1.29, 1.82) is 0 Å². The highest BCUT2D eigenvalue weighted by Gasteiger charge is 2.10. The smallest absolute Gasteiger partial charge is 0.0594 e. The fourth-order valence-corrected chi connectivity index (χ4v) is 2.49. The van der Waals surface area contributed by atoms with E-state index in [1.54, 1.807) is 0 Å². The molecule has 0 amide bonds. The highest BCUT2D eigenvalue weighted by Crippen LogP contribution is 2.18. The molecular formula is C14H19N3O. The molecule has 0 spiro atoms. The second-order valence-electron chi connectivity index (χ2n) is 4.78. The van der Waals surface area contributed by atoms with Gasteiger partial charge in [-0.2, -0.15) is 0 Å². The molecule has 2 aromatic rings. The maximum Gasteiger partial charge on any atom is 0.0594 e. The van der Waals surface area contributed by atoms with Crippen LogP contribution in [0.15, 0.2) is 30.5 Å². The molecule has 0 unspecified atom stereocenters. The van der Waals surface area contributed by atoms with Crippen LogP contribution in [-0.2, 0) is 11.3 Å². The van der Waals surface area contributed by atoms with E-state index in [1.807, 2.05) is 12.1 Å². The summed E-state index contributed by atoms with van der Waals surface area (Å²) in [5, 5.41) is 1.22. The van der Waals surface area contributed by atoms with Gasteiger partial charge in [-0.25, -0.2) is 0 Å². The van der Waals surface area contributed by atoms with Gasteiger partial charge in [0.2, 0.25) is 0 Å². The standard InChI is InChI=1S/C14H19N3O/c15-13-1-2-14-12(11-13)3-4-17(14)6-5-16-7-9-18-10-8-16/h1-4,11H,5-10,15H2. The maximum atomic E-state index is 5.79. The number of anilines is 1. The third kappa shape index (κ3) is 2.35. The van der Waals surface area contributed by atoms with Crippen LogP contribution >= 0.6 is 0 Å². The Balaban J connectivity index is 1.70. The Kier molecular flexibility index (Phi) is 3.21. The van der Waals surface area contributed by atoms with E-state index in [1.165, 1.54) is 10.9 Å². The first-order valence-corrected chi connectivity index (χ1v) is 6.47. The second-order valence-corrected chi connectivity index (χ2v) is 4.78. The molecule has 3 rings (SSSR count). The van der Waals surface area contributed by atoms with Gasteiger partial charge in [0.05, 0.1) is 13.2 Å². The van der Waals surface area contributed by atoms with Gasteiger partial charge in [-0.15, -0.1) is 0 Å². The lowest BCUT2D eigenvalue weighted by molar-refractivity contribution is 0.0365. The summed E-state index contributed by atoms with van der Waals surface area (Å²) in [6.07, 6.45) is 2.14. The molecule has 18 heavy (non-hydrogen) atoms. The van der Waals surface area contributed by atoms with Crippen molar-refractivity contribution in [2.75, 3.05) is 38.6 Å². The SMILES string of the molecule is Nc1ccc2c(ccn2CCN2CCOCC2)c1. The van der Waals surface area contributed by atoms with Crippen LogP contribution in [0.2, 0.25) is 0 Å². The first-order chi connectivity index (χ1) is 8.83. The molecule has 1 aliphatic heterocycles. The van der Waals surface area contributed by atoms with Crippen molar-refractivity contribution in [2.45, 2.75) is 6.54 Å². The lowest BCUT2D eigenvalue weighted by Crippen LogP contribution is -2.38. The van der Waals surface area contributed by atoms with Gasteiger partial charge >= 0.3 is 0 Å². The molecule has 1 saturated heterocycles. The molecule has 0 saturated carbocycles. The van der Waals surface area contributed by atoms with Crippen molar-refractivity contribution in [1.82, 2.24) is 9.47 Å². The van der Waals surface area contributed by atoms with Crippen LogP contribution in [-0.4, -0.2) is 42.3 Å². The number of hydrogen-bond acceptors (Lipinski definition) is 3. The molecule has 0 atom stereocenters. The average molecular weight is 245 g/mol. The molecule has 4 nitrogen and oxygen atoms in total. The summed E-state index contributed by atoms with van der Waals surface area (Å²) >= 11 is 0. The normalized spacial score (nSPS) is 17.3. The minimum absolute atomic E-state index is 0.827. The molecule has 1 aromatic heterocycles. The van der Waals surface area contributed by atoms with E-state index in [0.717, 1.165) is 45.1 Å². The number of ether oxygens (including phenoxy) is 1. The minimum atomic E-state index is 0.827. The third-order valence-electron chi connectivity index (χ3n) is 3.56. The highest BCUT2D eigenvalue weighted by molar-refractivity contribution is 5.83. The van der Waals surface area contributed by atoms with Gasteiger partial charge in [0.25, 0.3) is 0 Å². The molecule has 0 bridgehead atoms. The zero-order valence-corrected chi connectivity index (χ0v) is 10.5. The van der Waals surface area contributed by atoms with E-state index in [0.29, 0.717) is 0 Å².